The molecule has 376 valence electrons. The zero-order chi connectivity index (χ0) is 50.2. The van der Waals surface area contributed by atoms with Crippen LogP contribution in [0.3, 0.4) is 0 Å². The Labute approximate surface area is 503 Å². The number of rotatable bonds is 21. The zero-order valence-electron chi connectivity index (χ0n) is 43.9. The molecule has 3 rings (SSSR count). The number of aliphatic hydroxyl groups is 3. The first-order chi connectivity index (χ1) is 30.4. The molecule has 0 aromatic heterocycles. The predicted octanol–water partition coefficient (Wildman–Crippen LogP) is 0.387. The van der Waals surface area contributed by atoms with Crippen LogP contribution in [-0.2, 0) is 50.9 Å². The van der Waals surface area contributed by atoms with Crippen molar-refractivity contribution in [1.29, 1.82) is 0 Å². The molecule has 19 heteroatoms. The number of alkyl halides is 1. The van der Waals surface area contributed by atoms with E-state index in [1.54, 1.807) is 6.07 Å². The van der Waals surface area contributed by atoms with Crippen LogP contribution in [0.2, 0.25) is 0 Å². The number of carbonyl (C=O) groups excluding carboxylic acids is 1. The Bertz CT molecular complexity index is 1790. The van der Waals surface area contributed by atoms with Crippen molar-refractivity contribution >= 4 is 44.4 Å². The van der Waals surface area contributed by atoms with Gasteiger partial charge in [0.15, 0.2) is 0 Å². The number of halogens is 1. The molecule has 0 fully saturated rings. The van der Waals surface area contributed by atoms with Crippen molar-refractivity contribution in [3.8, 4) is 17.2 Å². The Morgan fingerprint density at radius 3 is 1.28 bits per heavy atom. The smallest absolute Gasteiger partial charge is 1.00 e. The van der Waals surface area contributed by atoms with Crippen molar-refractivity contribution in [3.63, 3.8) is 0 Å². The van der Waals surface area contributed by atoms with Gasteiger partial charge in [0.1, 0.15) is 30.5 Å². The van der Waals surface area contributed by atoms with E-state index in [0.717, 1.165) is 66.7 Å². The van der Waals surface area contributed by atoms with Crippen LogP contribution in [0.4, 0.5) is 0 Å². The van der Waals surface area contributed by atoms with Gasteiger partial charge in [0.2, 0.25) is 0 Å². The van der Waals surface area contributed by atoms with E-state index in [0.29, 0.717) is 24.3 Å². The molecule has 67 heavy (non-hydrogen) atoms. The molecule has 0 amide bonds. The third-order valence-corrected chi connectivity index (χ3v) is 12.7. The molecule has 0 aliphatic rings. The normalized spacial score (nSPS) is 12.9. The average Bonchev–Trinajstić information content (AvgIpc) is 3.24. The van der Waals surface area contributed by atoms with Gasteiger partial charge >= 0.3 is 103 Å². The molecule has 0 aliphatic carbocycles. The number of aromatic hydroxyl groups is 1. The molecule has 8 N–H and O–H groups in total. The summed E-state index contributed by atoms with van der Waals surface area (Å²) in [4.78, 5) is 11.2. The quantitative estimate of drug-likeness (QED) is 0.0253. The molecular weight excluding hydrogens is 1020 g/mol. The fourth-order valence-electron chi connectivity index (χ4n) is 5.24. The van der Waals surface area contributed by atoms with Gasteiger partial charge in [-0.15, -0.1) is 0 Å². The number of ether oxygens (including phenoxy) is 2. The number of benzene rings is 3. The molecule has 0 radical (unpaired) electrons. The summed E-state index contributed by atoms with van der Waals surface area (Å²) in [5, 5.41) is 43.9. The monoisotopic (exact) mass is 1100 g/mol. The molecule has 14 nitrogen and oxygen atoms in total. The second-order valence-electron chi connectivity index (χ2n) is 17.5. The Balaban J connectivity index is -0.000000266. The van der Waals surface area contributed by atoms with Crippen LogP contribution in [0.1, 0.15) is 116 Å². The van der Waals surface area contributed by atoms with Gasteiger partial charge in [-0.3, -0.25) is 4.79 Å². The van der Waals surface area contributed by atoms with Gasteiger partial charge in [0.05, 0.1) is 51.3 Å². The van der Waals surface area contributed by atoms with Gasteiger partial charge in [-0.2, -0.15) is 0 Å². The first-order valence-corrected chi connectivity index (χ1v) is 25.3. The van der Waals surface area contributed by atoms with E-state index in [-0.39, 0.29) is 158 Å². The number of carbonyl (C=O) groups is 1. The topological polar surface area (TPSA) is 233 Å². The Kier molecular flexibility index (Phi) is 47.1. The number of aliphatic hydroxyl groups excluding tert-OH is 3. The molecule has 0 bridgehead atoms. The molecule has 3 aromatic rings. The molecule has 0 aliphatic heterocycles. The fraction of sp³-hybridized carbons (Fsp3) is 0.604. The fourth-order valence-corrected chi connectivity index (χ4v) is 6.91. The van der Waals surface area contributed by atoms with Gasteiger partial charge in [-0.25, -0.2) is 17.9 Å². The Morgan fingerprint density at radius 2 is 1.01 bits per heavy atom. The third kappa shape index (κ3) is 38.6. The summed E-state index contributed by atoms with van der Waals surface area (Å²) in [5.41, 5.74) is 12.5. The number of nitrogens with one attached hydrogen (secondary N) is 2. The number of hydrogen-bond donors (Lipinski definition) is 7. The van der Waals surface area contributed by atoms with Crippen molar-refractivity contribution in [3.05, 3.63) is 88.0 Å². The predicted molar refractivity (Wildman–Crippen MR) is 269 cm³/mol. The number of hydrogen-bond acceptors (Lipinski definition) is 12. The molecule has 0 saturated carbocycles. The minimum atomic E-state index is -1.03. The maximum Gasteiger partial charge on any atom is 1.00 e. The molecule has 5 atom stereocenters. The molecule has 0 spiro atoms. The number of phenolic OH excluding ortho intramolecular Hbond substituents is 1. The van der Waals surface area contributed by atoms with Crippen LogP contribution in [0.25, 0.3) is 0 Å². The first-order valence-electron chi connectivity index (χ1n) is 21.9. The molecular formula is C48H82BrK2N3O11S2. The van der Waals surface area contributed by atoms with Gasteiger partial charge in [-0.1, -0.05) is 52.3 Å². The summed E-state index contributed by atoms with van der Waals surface area (Å²) in [7, 11) is -2.05. The number of aryl methyl sites for hydroxylation is 6. The van der Waals surface area contributed by atoms with Crippen LogP contribution in [0, 0.1) is 20.8 Å². The van der Waals surface area contributed by atoms with Gasteiger partial charge in [-0.05, 0) is 173 Å². The second kappa shape index (κ2) is 42.8. The van der Waals surface area contributed by atoms with E-state index in [9.17, 15) is 13.5 Å². The summed E-state index contributed by atoms with van der Waals surface area (Å²) in [5.74, 6) is 2.00. The largest absolute Gasteiger partial charge is 1.00 e. The molecule has 0 heterocycles. The first kappa shape index (κ1) is 73.8. The summed E-state index contributed by atoms with van der Waals surface area (Å²) in [6, 6.07) is 18.6. The van der Waals surface area contributed by atoms with E-state index in [1.165, 1.54) is 16.7 Å². The van der Waals surface area contributed by atoms with Crippen molar-refractivity contribution in [2.45, 2.75) is 149 Å². The Hall–Kier alpha value is 0.303. The van der Waals surface area contributed by atoms with E-state index in [4.69, 9.17) is 40.6 Å². The minimum absolute atomic E-state index is 0. The van der Waals surface area contributed by atoms with E-state index >= 15 is 0 Å². The van der Waals surface area contributed by atoms with Crippen LogP contribution in [0.5, 0.6) is 17.2 Å². The van der Waals surface area contributed by atoms with Gasteiger partial charge in [0.25, 0.3) is 6.47 Å². The summed E-state index contributed by atoms with van der Waals surface area (Å²) in [6.45, 7) is 24.7. The van der Waals surface area contributed by atoms with Crippen LogP contribution in [-0.4, -0.2) is 101 Å². The van der Waals surface area contributed by atoms with E-state index < -0.39 is 22.0 Å². The summed E-state index contributed by atoms with van der Waals surface area (Å²) >= 11 is 3.00. The van der Waals surface area contributed by atoms with Gasteiger partial charge < -0.3 is 47.2 Å². The van der Waals surface area contributed by atoms with Crippen molar-refractivity contribution < 1.29 is 157 Å². The Morgan fingerprint density at radius 1 is 0.687 bits per heavy atom. The summed E-state index contributed by atoms with van der Waals surface area (Å²) < 4.78 is 40.7. The number of phenols is 1. The molecule has 3 aromatic carbocycles. The molecule has 0 unspecified atom stereocenters. The maximum atomic E-state index is 12.0. The zero-order valence-corrected chi connectivity index (χ0v) is 52.4. The second-order valence-corrected chi connectivity index (χ2v) is 22.3. The van der Waals surface area contributed by atoms with Gasteiger partial charge in [0, 0.05) is 23.5 Å². The molecule has 0 saturated heterocycles. The summed E-state index contributed by atoms with van der Waals surface area (Å²) in [6.07, 6.45) is 5.69. The SMILES string of the molecule is Cc1cc(CC[C@@H](C)N)ccc1OCCO.Cc1cc(CC[C@@H](C)N[S@](=O)C(C)(C)C)ccc1O.Cc1cc(CC[C@@H](C)N[S@](=O)C(C)(C)C)ccc1OCCO.O=CO[O-].OCCBr.[H-].[K+].[K+]. The standard InChI is InChI=1S/C17H29NO3S.C15H25NO2S.C13H21NO2.C2H5BrO.CH2O3.2K.H/c1-13-12-15(8-9-16(13)21-11-10-19)7-6-14(2)18-22(20)17(3,4)5;1-11-10-13(8-9-14(11)17)7-6-12(2)16-19(18)15(3,4)5;1-10-9-12(4-3-11(2)14)5-6-13(10)16-8-7-15;3-1-2-4;2-1-4-3;;;/h8-9,12,14,18-19H,6-7,10-11H2,1-5H3;8-10,12,16-17H,6-7H2,1-5H3;5-6,9,11,15H,3-4,7-8,14H2,1-2H3;4H,1-2H2;1,3H;;;/q;;;;;2*+1;-1/p-1/t14-,22-;12-,19-;11-;;;;;/m111...../s1. The van der Waals surface area contributed by atoms with E-state index in [1.807, 2.05) is 99.6 Å². The van der Waals surface area contributed by atoms with Crippen LogP contribution < -0.4 is 133 Å². The van der Waals surface area contributed by atoms with E-state index in [2.05, 4.69) is 62.3 Å². The maximum absolute atomic E-state index is 12.0. The van der Waals surface area contributed by atoms with Crippen molar-refractivity contribution in [1.82, 2.24) is 9.44 Å². The van der Waals surface area contributed by atoms with Crippen LogP contribution >= 0.6 is 15.9 Å². The van der Waals surface area contributed by atoms with Crippen molar-refractivity contribution in [2.75, 3.05) is 38.4 Å². The average molecular weight is 1100 g/mol. The van der Waals surface area contributed by atoms with Crippen molar-refractivity contribution in [2.24, 2.45) is 5.73 Å². The number of nitrogens with two attached hydrogens (primary N) is 1. The third-order valence-electron chi connectivity index (χ3n) is 8.91. The van der Waals surface area contributed by atoms with Crippen LogP contribution in [0.15, 0.2) is 54.6 Å². The minimum Gasteiger partial charge on any atom is -1.00 e.